The number of carbonyl (C=O) groups is 2. The molecule has 0 radical (unpaired) electrons. The molecular weight excluding hydrogens is 402 g/mol. The van der Waals surface area contributed by atoms with Crippen LogP contribution in [0.25, 0.3) is 0 Å². The van der Waals surface area contributed by atoms with Crippen molar-refractivity contribution in [3.05, 3.63) is 59.7 Å². The lowest BCUT2D eigenvalue weighted by Gasteiger charge is -2.40. The predicted molar refractivity (Wildman–Crippen MR) is 126 cm³/mol. The summed E-state index contributed by atoms with van der Waals surface area (Å²) >= 11 is 0. The average Bonchev–Trinajstić information content (AvgIpc) is 2.93. The zero-order chi connectivity index (χ0) is 22.7. The number of piperidine rings is 1. The Morgan fingerprint density at radius 2 is 1.47 bits per heavy atom. The number of anilines is 2. The van der Waals surface area contributed by atoms with Gasteiger partial charge in [0.05, 0.1) is 0 Å². The highest BCUT2D eigenvalue weighted by molar-refractivity contribution is 5.82. The molecule has 32 heavy (non-hydrogen) atoms. The Bertz CT molecular complexity index is 927. The number of fused-ring (bicyclic) bond motifs is 2. The zero-order valence-corrected chi connectivity index (χ0v) is 19.3. The molecule has 4 rings (SSSR count). The third kappa shape index (κ3) is 5.06. The van der Waals surface area contributed by atoms with Crippen molar-refractivity contribution < 1.29 is 14.3 Å². The minimum Gasteiger partial charge on any atom is -0.444 e. The molecule has 2 aromatic carbocycles. The van der Waals surface area contributed by atoms with Crippen molar-refractivity contribution in [1.29, 1.82) is 0 Å². The predicted octanol–water partition coefficient (Wildman–Crippen LogP) is 4.44. The lowest BCUT2D eigenvalue weighted by atomic mass is 10.00. The van der Waals surface area contributed by atoms with Gasteiger partial charge < -0.3 is 19.9 Å². The molecule has 6 nitrogen and oxygen atoms in total. The SMILES string of the molecule is CC(C)(C)OC(=O)NCC(=O)N1CCC(N2c3ccccc3CCc3ccccc32)CC1. The van der Waals surface area contributed by atoms with Gasteiger partial charge >= 0.3 is 6.09 Å². The van der Waals surface area contributed by atoms with E-state index in [1.807, 2.05) is 4.90 Å². The Morgan fingerprint density at radius 3 is 2.00 bits per heavy atom. The second kappa shape index (κ2) is 9.23. The first-order valence-corrected chi connectivity index (χ1v) is 11.5. The molecule has 2 heterocycles. The number of rotatable bonds is 3. The van der Waals surface area contributed by atoms with Crippen LogP contribution in [0.5, 0.6) is 0 Å². The van der Waals surface area contributed by atoms with Crippen LogP contribution < -0.4 is 10.2 Å². The van der Waals surface area contributed by atoms with Crippen molar-refractivity contribution >= 4 is 23.4 Å². The second-order valence-corrected chi connectivity index (χ2v) is 9.59. The van der Waals surface area contributed by atoms with E-state index in [1.165, 1.54) is 22.5 Å². The number of ether oxygens (including phenoxy) is 1. The Balaban J connectivity index is 1.42. The quantitative estimate of drug-likeness (QED) is 0.774. The molecule has 1 fully saturated rings. The van der Waals surface area contributed by atoms with Crippen LogP contribution in [0.3, 0.4) is 0 Å². The van der Waals surface area contributed by atoms with Crippen LogP contribution in [0, 0.1) is 0 Å². The van der Waals surface area contributed by atoms with Gasteiger partial charge in [-0.1, -0.05) is 36.4 Å². The fourth-order valence-corrected chi connectivity index (χ4v) is 4.65. The van der Waals surface area contributed by atoms with E-state index in [-0.39, 0.29) is 12.5 Å². The topological polar surface area (TPSA) is 61.9 Å². The Morgan fingerprint density at radius 1 is 0.938 bits per heavy atom. The van der Waals surface area contributed by atoms with E-state index in [4.69, 9.17) is 4.74 Å². The lowest BCUT2D eigenvalue weighted by molar-refractivity contribution is -0.131. The summed E-state index contributed by atoms with van der Waals surface area (Å²) in [4.78, 5) is 28.9. The fraction of sp³-hybridized carbons (Fsp3) is 0.462. The van der Waals surface area contributed by atoms with Crippen LogP contribution in [0.2, 0.25) is 0 Å². The Kier molecular flexibility index (Phi) is 6.40. The van der Waals surface area contributed by atoms with Gasteiger partial charge in [0.2, 0.25) is 5.91 Å². The van der Waals surface area contributed by atoms with E-state index in [2.05, 4.69) is 58.7 Å². The molecule has 1 saturated heterocycles. The van der Waals surface area contributed by atoms with Crippen molar-refractivity contribution in [2.75, 3.05) is 24.5 Å². The third-order valence-corrected chi connectivity index (χ3v) is 6.13. The van der Waals surface area contributed by atoms with Crippen LogP contribution in [0.4, 0.5) is 16.2 Å². The summed E-state index contributed by atoms with van der Waals surface area (Å²) in [6, 6.07) is 17.7. The second-order valence-electron chi connectivity index (χ2n) is 9.59. The van der Waals surface area contributed by atoms with Gasteiger partial charge in [-0.05, 0) is 69.7 Å². The molecule has 2 aliphatic rings. The smallest absolute Gasteiger partial charge is 0.408 e. The maximum atomic E-state index is 12.6. The van der Waals surface area contributed by atoms with Crippen molar-refractivity contribution in [1.82, 2.24) is 10.2 Å². The largest absolute Gasteiger partial charge is 0.444 e. The maximum Gasteiger partial charge on any atom is 0.408 e. The summed E-state index contributed by atoms with van der Waals surface area (Å²) < 4.78 is 5.22. The normalized spacial score (nSPS) is 16.6. The molecule has 0 atom stereocenters. The first-order valence-electron chi connectivity index (χ1n) is 11.5. The summed E-state index contributed by atoms with van der Waals surface area (Å²) in [6.45, 7) is 6.74. The van der Waals surface area contributed by atoms with Gasteiger partial charge in [0.15, 0.2) is 0 Å². The van der Waals surface area contributed by atoms with Crippen LogP contribution >= 0.6 is 0 Å². The molecular formula is C26H33N3O3. The number of alkyl carbamates (subject to hydrolysis) is 1. The van der Waals surface area contributed by atoms with Crippen LogP contribution in [0.1, 0.15) is 44.7 Å². The van der Waals surface area contributed by atoms with E-state index in [0.717, 1.165) is 25.7 Å². The van der Waals surface area contributed by atoms with Crippen molar-refractivity contribution in [2.24, 2.45) is 0 Å². The molecule has 1 N–H and O–H groups in total. The highest BCUT2D eigenvalue weighted by Gasteiger charge is 2.31. The van der Waals surface area contributed by atoms with Crippen molar-refractivity contribution in [2.45, 2.75) is 58.1 Å². The molecule has 170 valence electrons. The van der Waals surface area contributed by atoms with Crippen molar-refractivity contribution in [3.63, 3.8) is 0 Å². The number of nitrogens with zero attached hydrogens (tertiary/aromatic N) is 2. The number of amides is 2. The molecule has 2 amide bonds. The summed E-state index contributed by atoms with van der Waals surface area (Å²) in [7, 11) is 0. The molecule has 0 bridgehead atoms. The number of nitrogens with one attached hydrogen (secondary N) is 1. The summed E-state index contributed by atoms with van der Waals surface area (Å²) in [5, 5.41) is 2.58. The number of para-hydroxylation sites is 2. The third-order valence-electron chi connectivity index (χ3n) is 6.13. The van der Waals surface area contributed by atoms with Gasteiger partial charge in [0, 0.05) is 30.5 Å². The highest BCUT2D eigenvalue weighted by Crippen LogP contribution is 2.39. The first kappa shape index (κ1) is 22.2. The van der Waals surface area contributed by atoms with E-state index >= 15 is 0 Å². The number of benzene rings is 2. The average molecular weight is 436 g/mol. The standard InChI is InChI=1S/C26H33N3O3/c1-26(2,3)32-25(31)27-18-24(30)28-16-14-21(15-17-28)29-22-10-6-4-8-19(22)12-13-20-9-5-7-11-23(20)29/h4-11,21H,12-18H2,1-3H3,(H,27,31). The summed E-state index contributed by atoms with van der Waals surface area (Å²) in [6.07, 6.45) is 3.30. The number of carbonyl (C=O) groups excluding carboxylic acids is 2. The van der Waals surface area contributed by atoms with E-state index < -0.39 is 11.7 Å². The number of hydrogen-bond donors (Lipinski definition) is 1. The lowest BCUT2D eigenvalue weighted by Crippen LogP contribution is -2.48. The molecule has 0 aliphatic carbocycles. The molecule has 0 spiro atoms. The van der Waals surface area contributed by atoms with E-state index in [9.17, 15) is 9.59 Å². The van der Waals surface area contributed by atoms with E-state index in [1.54, 1.807) is 20.8 Å². The monoisotopic (exact) mass is 435 g/mol. The van der Waals surface area contributed by atoms with Crippen LogP contribution in [-0.4, -0.2) is 48.2 Å². The van der Waals surface area contributed by atoms with Gasteiger partial charge in [0.25, 0.3) is 0 Å². The zero-order valence-electron chi connectivity index (χ0n) is 19.3. The number of aryl methyl sites for hydroxylation is 2. The molecule has 2 aromatic rings. The molecule has 0 aromatic heterocycles. The van der Waals surface area contributed by atoms with Gasteiger partial charge in [-0.15, -0.1) is 0 Å². The van der Waals surface area contributed by atoms with Gasteiger partial charge in [-0.2, -0.15) is 0 Å². The van der Waals surface area contributed by atoms with Gasteiger partial charge in [0.1, 0.15) is 12.1 Å². The van der Waals surface area contributed by atoms with Gasteiger partial charge in [-0.25, -0.2) is 4.79 Å². The first-order chi connectivity index (χ1) is 15.3. The molecule has 6 heteroatoms. The molecule has 2 aliphatic heterocycles. The minimum atomic E-state index is -0.578. The van der Waals surface area contributed by atoms with E-state index in [0.29, 0.717) is 19.1 Å². The number of likely N-dealkylation sites (tertiary alicyclic amines) is 1. The maximum absolute atomic E-state index is 12.6. The highest BCUT2D eigenvalue weighted by atomic mass is 16.6. The van der Waals surface area contributed by atoms with Crippen molar-refractivity contribution in [3.8, 4) is 0 Å². The minimum absolute atomic E-state index is 0.0328. The van der Waals surface area contributed by atoms with Gasteiger partial charge in [-0.3, -0.25) is 4.79 Å². The molecule has 0 unspecified atom stereocenters. The number of hydrogen-bond acceptors (Lipinski definition) is 4. The summed E-state index contributed by atoms with van der Waals surface area (Å²) in [5.74, 6) is -0.0639. The summed E-state index contributed by atoms with van der Waals surface area (Å²) in [5.41, 5.74) is 4.75. The van der Waals surface area contributed by atoms with Crippen LogP contribution in [0.15, 0.2) is 48.5 Å². The Labute approximate surface area is 190 Å². The van der Waals surface area contributed by atoms with Crippen LogP contribution in [-0.2, 0) is 22.4 Å². The molecule has 0 saturated carbocycles. The fourth-order valence-electron chi connectivity index (χ4n) is 4.65. The Hall–Kier alpha value is -3.02.